The van der Waals surface area contributed by atoms with Crippen LogP contribution in [0, 0.1) is 5.41 Å². The van der Waals surface area contributed by atoms with Crippen LogP contribution >= 0.6 is 0 Å². The molecule has 10 heavy (non-hydrogen) atoms. The van der Waals surface area contributed by atoms with Crippen molar-refractivity contribution in [1.82, 2.24) is 5.32 Å². The SMILES string of the molecule is CC1(C)CCC(=O)NC1O. The maximum Gasteiger partial charge on any atom is 0.222 e. The quantitative estimate of drug-likeness (QED) is 0.510. The summed E-state index contributed by atoms with van der Waals surface area (Å²) >= 11 is 0. The summed E-state index contributed by atoms with van der Waals surface area (Å²) in [6, 6.07) is 0. The lowest BCUT2D eigenvalue weighted by atomic mass is 9.83. The second-order valence-corrected chi connectivity index (χ2v) is 3.46. The minimum Gasteiger partial charge on any atom is -0.373 e. The van der Waals surface area contributed by atoms with Crippen molar-refractivity contribution in [2.24, 2.45) is 5.41 Å². The number of aliphatic hydroxyl groups excluding tert-OH is 1. The molecule has 1 aliphatic rings. The second-order valence-electron chi connectivity index (χ2n) is 3.46. The summed E-state index contributed by atoms with van der Waals surface area (Å²) in [7, 11) is 0. The van der Waals surface area contributed by atoms with Gasteiger partial charge in [-0.3, -0.25) is 4.79 Å². The third-order valence-electron chi connectivity index (χ3n) is 2.03. The molecule has 0 aliphatic carbocycles. The van der Waals surface area contributed by atoms with Crippen molar-refractivity contribution in [3.63, 3.8) is 0 Å². The number of rotatable bonds is 0. The van der Waals surface area contributed by atoms with Crippen LogP contribution in [-0.2, 0) is 4.79 Å². The van der Waals surface area contributed by atoms with Crippen molar-refractivity contribution < 1.29 is 9.90 Å². The minimum absolute atomic E-state index is 0.0492. The lowest BCUT2D eigenvalue weighted by Gasteiger charge is -2.34. The van der Waals surface area contributed by atoms with Gasteiger partial charge in [0.1, 0.15) is 6.23 Å². The standard InChI is InChI=1S/C7H13NO2/c1-7(2)4-3-5(9)8-6(7)10/h6,10H,3-4H2,1-2H3,(H,8,9). The van der Waals surface area contributed by atoms with Crippen molar-refractivity contribution in [2.75, 3.05) is 0 Å². The van der Waals surface area contributed by atoms with E-state index in [-0.39, 0.29) is 11.3 Å². The fourth-order valence-electron chi connectivity index (χ4n) is 0.992. The Hall–Kier alpha value is -0.570. The summed E-state index contributed by atoms with van der Waals surface area (Å²) in [6.07, 6.45) is 0.623. The zero-order valence-corrected chi connectivity index (χ0v) is 6.35. The van der Waals surface area contributed by atoms with Crippen molar-refractivity contribution >= 4 is 5.91 Å². The maximum absolute atomic E-state index is 10.7. The zero-order chi connectivity index (χ0) is 7.78. The van der Waals surface area contributed by atoms with Crippen LogP contribution in [0.15, 0.2) is 0 Å². The van der Waals surface area contributed by atoms with Crippen LogP contribution in [0.4, 0.5) is 0 Å². The van der Waals surface area contributed by atoms with Gasteiger partial charge in [0.05, 0.1) is 0 Å². The second kappa shape index (κ2) is 2.23. The third kappa shape index (κ3) is 1.29. The molecule has 58 valence electrons. The van der Waals surface area contributed by atoms with Gasteiger partial charge in [0, 0.05) is 11.8 Å². The Morgan fingerprint density at radius 3 is 2.70 bits per heavy atom. The number of piperidine rings is 1. The van der Waals surface area contributed by atoms with Gasteiger partial charge in [-0.25, -0.2) is 0 Å². The van der Waals surface area contributed by atoms with Crippen molar-refractivity contribution in [3.05, 3.63) is 0 Å². The molecule has 1 amide bonds. The van der Waals surface area contributed by atoms with E-state index in [1.807, 2.05) is 13.8 Å². The Bertz CT molecular complexity index is 154. The molecule has 1 heterocycles. The highest BCUT2D eigenvalue weighted by atomic mass is 16.3. The van der Waals surface area contributed by atoms with E-state index >= 15 is 0 Å². The third-order valence-corrected chi connectivity index (χ3v) is 2.03. The molecule has 3 heteroatoms. The molecule has 0 spiro atoms. The van der Waals surface area contributed by atoms with Crippen molar-refractivity contribution in [1.29, 1.82) is 0 Å². The zero-order valence-electron chi connectivity index (χ0n) is 6.35. The van der Waals surface area contributed by atoms with E-state index in [0.29, 0.717) is 6.42 Å². The summed E-state index contributed by atoms with van der Waals surface area (Å²) in [5.41, 5.74) is -0.159. The molecule has 0 saturated carbocycles. The summed E-state index contributed by atoms with van der Waals surface area (Å²) in [5, 5.41) is 11.8. The number of aliphatic hydroxyl groups is 1. The van der Waals surface area contributed by atoms with Crippen molar-refractivity contribution in [2.45, 2.75) is 32.9 Å². The van der Waals surface area contributed by atoms with Crippen LogP contribution in [0.3, 0.4) is 0 Å². The molecule has 2 N–H and O–H groups in total. The van der Waals surface area contributed by atoms with E-state index in [0.717, 1.165) is 6.42 Å². The number of carbonyl (C=O) groups is 1. The lowest BCUT2D eigenvalue weighted by molar-refractivity contribution is -0.132. The van der Waals surface area contributed by atoms with E-state index < -0.39 is 6.23 Å². The molecule has 0 aromatic carbocycles. The summed E-state index contributed by atoms with van der Waals surface area (Å²) in [4.78, 5) is 10.7. The lowest BCUT2D eigenvalue weighted by Crippen LogP contribution is -2.49. The van der Waals surface area contributed by atoms with E-state index in [9.17, 15) is 9.90 Å². The first-order valence-corrected chi connectivity index (χ1v) is 3.50. The predicted molar refractivity (Wildman–Crippen MR) is 37.2 cm³/mol. The van der Waals surface area contributed by atoms with E-state index in [2.05, 4.69) is 5.32 Å². The number of nitrogens with one attached hydrogen (secondary N) is 1. The van der Waals surface area contributed by atoms with Crippen LogP contribution in [0.2, 0.25) is 0 Å². The monoisotopic (exact) mass is 143 g/mol. The number of carbonyl (C=O) groups excluding carboxylic acids is 1. The molecule has 1 unspecified atom stereocenters. The summed E-state index contributed by atoms with van der Waals surface area (Å²) < 4.78 is 0. The predicted octanol–water partition coefficient (Wildman–Crippen LogP) is 0.241. The first-order chi connectivity index (χ1) is 4.52. The molecular weight excluding hydrogens is 130 g/mol. The van der Waals surface area contributed by atoms with Gasteiger partial charge in [-0.15, -0.1) is 0 Å². The van der Waals surface area contributed by atoms with Crippen LogP contribution in [0.25, 0.3) is 0 Å². The highest BCUT2D eigenvalue weighted by molar-refractivity contribution is 5.77. The minimum atomic E-state index is -0.672. The first kappa shape index (κ1) is 7.54. The van der Waals surface area contributed by atoms with Crippen LogP contribution in [0.5, 0.6) is 0 Å². The molecule has 3 nitrogen and oxygen atoms in total. The molecule has 1 atom stereocenters. The topological polar surface area (TPSA) is 49.3 Å². The number of amides is 1. The molecule has 0 radical (unpaired) electrons. The summed E-state index contributed by atoms with van der Waals surface area (Å²) in [5.74, 6) is -0.0492. The summed E-state index contributed by atoms with van der Waals surface area (Å²) in [6.45, 7) is 3.88. The van der Waals surface area contributed by atoms with E-state index in [4.69, 9.17) is 0 Å². The van der Waals surface area contributed by atoms with Crippen LogP contribution < -0.4 is 5.32 Å². The Morgan fingerprint density at radius 2 is 2.30 bits per heavy atom. The van der Waals surface area contributed by atoms with Crippen molar-refractivity contribution in [3.8, 4) is 0 Å². The molecule has 0 bridgehead atoms. The van der Waals surface area contributed by atoms with Crippen LogP contribution in [0.1, 0.15) is 26.7 Å². The van der Waals surface area contributed by atoms with E-state index in [1.54, 1.807) is 0 Å². The smallest absolute Gasteiger partial charge is 0.222 e. The van der Waals surface area contributed by atoms with Gasteiger partial charge in [-0.1, -0.05) is 13.8 Å². The first-order valence-electron chi connectivity index (χ1n) is 3.50. The van der Waals surface area contributed by atoms with E-state index in [1.165, 1.54) is 0 Å². The van der Waals surface area contributed by atoms with Gasteiger partial charge >= 0.3 is 0 Å². The number of hydrogen-bond acceptors (Lipinski definition) is 2. The average molecular weight is 143 g/mol. The molecule has 1 rings (SSSR count). The molecule has 1 aliphatic heterocycles. The molecule has 0 aromatic heterocycles. The maximum atomic E-state index is 10.7. The highest BCUT2D eigenvalue weighted by Crippen LogP contribution is 2.28. The Morgan fingerprint density at radius 1 is 1.70 bits per heavy atom. The number of hydrogen-bond donors (Lipinski definition) is 2. The Kier molecular flexibility index (Phi) is 1.68. The normalized spacial score (nSPS) is 31.5. The molecule has 1 fully saturated rings. The van der Waals surface area contributed by atoms with Crippen LogP contribution in [-0.4, -0.2) is 17.2 Å². The van der Waals surface area contributed by atoms with Gasteiger partial charge in [-0.2, -0.15) is 0 Å². The van der Waals surface area contributed by atoms with Gasteiger partial charge < -0.3 is 10.4 Å². The van der Waals surface area contributed by atoms with Gasteiger partial charge in [0.25, 0.3) is 0 Å². The molecule has 1 saturated heterocycles. The Labute approximate surface area is 60.4 Å². The van der Waals surface area contributed by atoms with Gasteiger partial charge in [-0.05, 0) is 6.42 Å². The highest BCUT2D eigenvalue weighted by Gasteiger charge is 2.33. The molecular formula is C7H13NO2. The fourth-order valence-corrected chi connectivity index (χ4v) is 0.992. The molecule has 0 aromatic rings. The van der Waals surface area contributed by atoms with Gasteiger partial charge in [0.15, 0.2) is 0 Å². The average Bonchev–Trinajstić information content (AvgIpc) is 1.81. The fraction of sp³-hybridized carbons (Fsp3) is 0.857. The Balaban J connectivity index is 2.60. The van der Waals surface area contributed by atoms with Gasteiger partial charge in [0.2, 0.25) is 5.91 Å². The largest absolute Gasteiger partial charge is 0.373 e.